The van der Waals surface area contributed by atoms with Crippen LogP contribution >= 0.6 is 0 Å². The summed E-state index contributed by atoms with van der Waals surface area (Å²) in [5.41, 5.74) is 3.23. The molecule has 12 heteroatoms. The van der Waals surface area contributed by atoms with E-state index in [0.29, 0.717) is 31.7 Å². The SMILES string of the molecule is O=[N+]([O-])c1cn2c(n1)OC(COc1ccc(N3CC=C(Cc4ccc(OC(F)(F)F)cc4)CC3)cc1)CC2. The van der Waals surface area contributed by atoms with Crippen LogP contribution in [0, 0.1) is 10.1 Å². The molecule has 0 spiro atoms. The number of fused-ring (bicyclic) bond motifs is 1. The van der Waals surface area contributed by atoms with Crippen molar-refractivity contribution in [1.82, 2.24) is 9.55 Å². The minimum atomic E-state index is -4.69. The van der Waals surface area contributed by atoms with E-state index in [0.717, 1.165) is 30.8 Å². The van der Waals surface area contributed by atoms with Crippen LogP contribution in [0.2, 0.25) is 0 Å². The normalized spacial score (nSPS) is 17.3. The Labute approximate surface area is 216 Å². The Balaban J connectivity index is 1.09. The standard InChI is InChI=1S/C26H25F3N4O5/c27-26(28,29)38-22-5-1-18(2-6-22)15-19-9-12-31(13-10-19)20-3-7-21(8-4-20)36-17-23-11-14-32-16-24(33(34)35)30-25(32)37-23/h1-9,16,23H,10-15,17H2. The van der Waals surface area contributed by atoms with E-state index in [1.165, 1.54) is 23.9 Å². The Kier molecular flexibility index (Phi) is 7.12. The Morgan fingerprint density at radius 1 is 1.08 bits per heavy atom. The molecule has 0 saturated carbocycles. The molecule has 0 amide bonds. The molecule has 0 bridgehead atoms. The second-order valence-electron chi connectivity index (χ2n) is 9.09. The van der Waals surface area contributed by atoms with Gasteiger partial charge in [-0.2, -0.15) is 0 Å². The summed E-state index contributed by atoms with van der Waals surface area (Å²) in [7, 11) is 0. The number of anilines is 1. The second kappa shape index (κ2) is 10.6. The third-order valence-electron chi connectivity index (χ3n) is 6.41. The van der Waals surface area contributed by atoms with Crippen LogP contribution in [0.25, 0.3) is 0 Å². The number of nitro groups is 1. The van der Waals surface area contributed by atoms with Crippen LogP contribution in [0.1, 0.15) is 18.4 Å². The van der Waals surface area contributed by atoms with E-state index < -0.39 is 11.3 Å². The van der Waals surface area contributed by atoms with Gasteiger partial charge in [0.25, 0.3) is 0 Å². The number of alkyl halides is 3. The van der Waals surface area contributed by atoms with Crippen molar-refractivity contribution in [3.63, 3.8) is 0 Å². The van der Waals surface area contributed by atoms with E-state index in [9.17, 15) is 23.3 Å². The Bertz CT molecular complexity index is 1310. The number of benzene rings is 2. The predicted octanol–water partition coefficient (Wildman–Crippen LogP) is 5.30. The van der Waals surface area contributed by atoms with Crippen LogP contribution in [-0.4, -0.2) is 46.6 Å². The number of hydrogen-bond donors (Lipinski definition) is 0. The van der Waals surface area contributed by atoms with Crippen LogP contribution in [0.3, 0.4) is 0 Å². The molecule has 2 aromatic carbocycles. The fourth-order valence-electron chi connectivity index (χ4n) is 4.46. The monoisotopic (exact) mass is 530 g/mol. The molecule has 0 aliphatic carbocycles. The molecule has 3 aromatic rings. The smallest absolute Gasteiger partial charge is 0.490 e. The van der Waals surface area contributed by atoms with E-state index in [1.54, 1.807) is 16.7 Å². The van der Waals surface area contributed by atoms with E-state index in [2.05, 4.69) is 20.7 Å². The van der Waals surface area contributed by atoms with Crippen molar-refractivity contribution in [2.45, 2.75) is 38.3 Å². The van der Waals surface area contributed by atoms with Gasteiger partial charge in [-0.25, -0.2) is 0 Å². The van der Waals surface area contributed by atoms with Crippen molar-refractivity contribution in [2.24, 2.45) is 0 Å². The topological polar surface area (TPSA) is 91.9 Å². The number of aryl methyl sites for hydroxylation is 1. The lowest BCUT2D eigenvalue weighted by Gasteiger charge is -2.29. The molecule has 1 aromatic heterocycles. The lowest BCUT2D eigenvalue weighted by molar-refractivity contribution is -0.389. The van der Waals surface area contributed by atoms with Gasteiger partial charge in [0.15, 0.2) is 0 Å². The van der Waals surface area contributed by atoms with Gasteiger partial charge >= 0.3 is 18.2 Å². The highest BCUT2D eigenvalue weighted by molar-refractivity contribution is 5.50. The first-order valence-corrected chi connectivity index (χ1v) is 12.1. The molecule has 200 valence electrons. The first kappa shape index (κ1) is 25.4. The highest BCUT2D eigenvalue weighted by Crippen LogP contribution is 2.28. The fourth-order valence-corrected chi connectivity index (χ4v) is 4.46. The summed E-state index contributed by atoms with van der Waals surface area (Å²) in [5.74, 6) is 0.246. The Morgan fingerprint density at radius 2 is 1.82 bits per heavy atom. The van der Waals surface area contributed by atoms with Crippen molar-refractivity contribution in [3.05, 3.63) is 82.1 Å². The highest BCUT2D eigenvalue weighted by atomic mass is 19.4. The van der Waals surface area contributed by atoms with Crippen molar-refractivity contribution in [2.75, 3.05) is 24.6 Å². The van der Waals surface area contributed by atoms with Crippen LogP contribution in [0.15, 0.2) is 66.4 Å². The molecule has 0 radical (unpaired) electrons. The third kappa shape index (κ3) is 6.36. The molecule has 1 atom stereocenters. The van der Waals surface area contributed by atoms with Gasteiger partial charge in [0.1, 0.15) is 30.4 Å². The molecule has 0 fully saturated rings. The average Bonchev–Trinajstić information content (AvgIpc) is 3.33. The highest BCUT2D eigenvalue weighted by Gasteiger charge is 2.31. The number of hydrogen-bond acceptors (Lipinski definition) is 7. The van der Waals surface area contributed by atoms with Gasteiger partial charge in [0.05, 0.1) is 0 Å². The summed E-state index contributed by atoms with van der Waals surface area (Å²) in [6.45, 7) is 2.44. The van der Waals surface area contributed by atoms with E-state index >= 15 is 0 Å². The maximum atomic E-state index is 12.3. The summed E-state index contributed by atoms with van der Waals surface area (Å²) >= 11 is 0. The van der Waals surface area contributed by atoms with Gasteiger partial charge in [-0.1, -0.05) is 23.8 Å². The lowest BCUT2D eigenvalue weighted by Crippen LogP contribution is -2.31. The minimum absolute atomic E-state index is 0.220. The summed E-state index contributed by atoms with van der Waals surface area (Å²) in [6.07, 6.45) is 0.787. The predicted molar refractivity (Wildman–Crippen MR) is 132 cm³/mol. The molecular formula is C26H25F3N4O5. The van der Waals surface area contributed by atoms with Crippen molar-refractivity contribution < 1.29 is 32.3 Å². The quantitative estimate of drug-likeness (QED) is 0.222. The van der Waals surface area contributed by atoms with Crippen molar-refractivity contribution in [3.8, 4) is 17.5 Å². The van der Waals surface area contributed by atoms with Crippen LogP contribution < -0.4 is 19.1 Å². The van der Waals surface area contributed by atoms with Gasteiger partial charge in [-0.05, 0) is 59.7 Å². The van der Waals surface area contributed by atoms with Gasteiger partial charge in [0, 0.05) is 36.7 Å². The largest absolute Gasteiger partial charge is 0.573 e. The van der Waals surface area contributed by atoms with Gasteiger partial charge in [0.2, 0.25) is 0 Å². The summed E-state index contributed by atoms with van der Waals surface area (Å²) < 4.78 is 54.2. The number of imidazole rings is 1. The summed E-state index contributed by atoms with van der Waals surface area (Å²) in [4.78, 5) is 16.5. The lowest BCUT2D eigenvalue weighted by atomic mass is 9.99. The van der Waals surface area contributed by atoms with Crippen LogP contribution in [0.5, 0.6) is 17.5 Å². The molecular weight excluding hydrogens is 505 g/mol. The van der Waals surface area contributed by atoms with Crippen molar-refractivity contribution >= 4 is 11.5 Å². The zero-order valence-electron chi connectivity index (χ0n) is 20.3. The summed E-state index contributed by atoms with van der Waals surface area (Å²) in [6, 6.07) is 14.0. The first-order chi connectivity index (χ1) is 18.2. The molecule has 38 heavy (non-hydrogen) atoms. The molecule has 2 aliphatic heterocycles. The average molecular weight is 531 g/mol. The van der Waals surface area contributed by atoms with Crippen LogP contribution in [-0.2, 0) is 13.0 Å². The third-order valence-corrected chi connectivity index (χ3v) is 6.41. The van der Waals surface area contributed by atoms with E-state index in [-0.39, 0.29) is 23.7 Å². The van der Waals surface area contributed by atoms with Crippen LogP contribution in [0.4, 0.5) is 24.7 Å². The first-order valence-electron chi connectivity index (χ1n) is 12.1. The van der Waals surface area contributed by atoms with Gasteiger partial charge in [-0.15, -0.1) is 13.2 Å². The molecule has 1 unspecified atom stereocenters. The zero-order valence-corrected chi connectivity index (χ0v) is 20.3. The van der Waals surface area contributed by atoms with Gasteiger partial charge in [-0.3, -0.25) is 4.57 Å². The second-order valence-corrected chi connectivity index (χ2v) is 9.09. The Hall–Kier alpha value is -4.22. The molecule has 9 nitrogen and oxygen atoms in total. The van der Waals surface area contributed by atoms with Crippen molar-refractivity contribution in [1.29, 1.82) is 0 Å². The summed E-state index contributed by atoms with van der Waals surface area (Å²) in [5, 5.41) is 10.9. The fraction of sp³-hybridized carbons (Fsp3) is 0.346. The number of ether oxygens (including phenoxy) is 3. The Morgan fingerprint density at radius 3 is 2.47 bits per heavy atom. The molecule has 3 heterocycles. The molecule has 0 saturated heterocycles. The number of rotatable bonds is 8. The van der Waals surface area contributed by atoms with E-state index in [1.807, 2.05) is 24.3 Å². The number of aromatic nitrogens is 2. The molecule has 2 aliphatic rings. The number of halogens is 3. The number of nitrogens with zero attached hydrogens (tertiary/aromatic N) is 4. The maximum absolute atomic E-state index is 12.3. The molecule has 5 rings (SSSR count). The molecule has 0 N–H and O–H groups in total. The van der Waals surface area contributed by atoms with Gasteiger partial charge < -0.3 is 29.2 Å². The minimum Gasteiger partial charge on any atom is -0.490 e. The maximum Gasteiger partial charge on any atom is 0.573 e. The zero-order chi connectivity index (χ0) is 26.7. The van der Waals surface area contributed by atoms with E-state index in [4.69, 9.17) is 9.47 Å².